The van der Waals surface area contributed by atoms with Gasteiger partial charge in [-0.3, -0.25) is 0 Å². The highest BCUT2D eigenvalue weighted by molar-refractivity contribution is 6.30. The number of rotatable bonds is 5. The van der Waals surface area contributed by atoms with Crippen molar-refractivity contribution in [3.63, 3.8) is 0 Å². The molecule has 0 amide bonds. The zero-order valence-corrected chi connectivity index (χ0v) is 13.4. The number of anilines is 1. The summed E-state index contributed by atoms with van der Waals surface area (Å²) in [4.78, 5) is 2.24. The van der Waals surface area contributed by atoms with Crippen LogP contribution in [-0.4, -0.2) is 30.3 Å². The molecule has 1 aromatic carbocycles. The van der Waals surface area contributed by atoms with Crippen molar-refractivity contribution in [1.82, 2.24) is 5.32 Å². The minimum Gasteiger partial charge on any atom is -0.391 e. The molecule has 0 heterocycles. The second-order valence-corrected chi connectivity index (χ2v) is 6.89. The topological polar surface area (TPSA) is 35.5 Å². The van der Waals surface area contributed by atoms with Gasteiger partial charge in [0, 0.05) is 30.3 Å². The van der Waals surface area contributed by atoms with Crippen molar-refractivity contribution in [1.29, 1.82) is 0 Å². The second-order valence-electron chi connectivity index (χ2n) is 6.46. The molecule has 2 saturated carbocycles. The van der Waals surface area contributed by atoms with Gasteiger partial charge < -0.3 is 15.3 Å². The Morgan fingerprint density at radius 2 is 2.00 bits per heavy atom. The van der Waals surface area contributed by atoms with Gasteiger partial charge in [0.25, 0.3) is 0 Å². The van der Waals surface area contributed by atoms with Crippen LogP contribution in [0.5, 0.6) is 0 Å². The highest BCUT2D eigenvalue weighted by Gasteiger charge is 2.28. The van der Waals surface area contributed by atoms with E-state index in [9.17, 15) is 5.11 Å². The van der Waals surface area contributed by atoms with Crippen molar-refractivity contribution in [3.05, 3.63) is 28.8 Å². The van der Waals surface area contributed by atoms with Crippen LogP contribution in [0.3, 0.4) is 0 Å². The molecule has 0 aliphatic heterocycles. The summed E-state index contributed by atoms with van der Waals surface area (Å²) in [6.07, 6.45) is 6.65. The molecule has 0 bridgehead atoms. The van der Waals surface area contributed by atoms with Crippen LogP contribution in [0, 0.1) is 0 Å². The van der Waals surface area contributed by atoms with Gasteiger partial charge in [-0.15, -0.1) is 0 Å². The van der Waals surface area contributed by atoms with Crippen LogP contribution in [-0.2, 0) is 6.54 Å². The van der Waals surface area contributed by atoms with Crippen LogP contribution >= 0.6 is 11.6 Å². The maximum Gasteiger partial charge on any atom is 0.0743 e. The lowest BCUT2D eigenvalue weighted by molar-refractivity contribution is 0.106. The van der Waals surface area contributed by atoms with Crippen molar-refractivity contribution in [3.8, 4) is 0 Å². The summed E-state index contributed by atoms with van der Waals surface area (Å²) in [7, 11) is 2.09. The average Bonchev–Trinajstić information content (AvgIpc) is 3.30. The van der Waals surface area contributed by atoms with Crippen molar-refractivity contribution < 1.29 is 5.11 Å². The lowest BCUT2D eigenvalue weighted by Gasteiger charge is -2.37. The molecule has 116 valence electrons. The third kappa shape index (κ3) is 3.71. The quantitative estimate of drug-likeness (QED) is 0.876. The van der Waals surface area contributed by atoms with Gasteiger partial charge in [0.2, 0.25) is 0 Å². The normalized spacial score (nSPS) is 25.9. The molecule has 3 rings (SSSR count). The van der Waals surface area contributed by atoms with E-state index in [2.05, 4.69) is 23.3 Å². The first-order valence-corrected chi connectivity index (χ1v) is 8.45. The van der Waals surface area contributed by atoms with Gasteiger partial charge in [-0.2, -0.15) is 0 Å². The Balaban J connectivity index is 1.78. The fourth-order valence-electron chi connectivity index (χ4n) is 3.28. The molecule has 4 heteroatoms. The Morgan fingerprint density at radius 1 is 1.24 bits per heavy atom. The number of hydrogen-bond donors (Lipinski definition) is 2. The highest BCUT2D eigenvalue weighted by Crippen LogP contribution is 2.31. The van der Waals surface area contributed by atoms with Gasteiger partial charge in [-0.05, 0) is 43.4 Å². The SMILES string of the molecule is CN(c1cc(Cl)ccc1CNC1CC1)C1CCCCC1O. The zero-order valence-electron chi connectivity index (χ0n) is 12.7. The molecular weight excluding hydrogens is 284 g/mol. The summed E-state index contributed by atoms with van der Waals surface area (Å²) in [5, 5.41) is 14.6. The Morgan fingerprint density at radius 3 is 2.71 bits per heavy atom. The van der Waals surface area contributed by atoms with E-state index in [1.165, 1.54) is 24.8 Å². The Labute approximate surface area is 132 Å². The number of nitrogens with one attached hydrogen (secondary N) is 1. The minimum absolute atomic E-state index is 0.205. The predicted octanol–water partition coefficient (Wildman–Crippen LogP) is 3.33. The molecule has 0 radical (unpaired) electrons. The van der Waals surface area contributed by atoms with Gasteiger partial charge in [0.15, 0.2) is 0 Å². The standard InChI is InChI=1S/C17H25ClN2O/c1-20(15-4-2-3-5-17(15)21)16-10-13(18)7-6-12(16)11-19-14-8-9-14/h6-7,10,14-15,17,19,21H,2-5,8-9,11H2,1H3. The molecule has 2 N–H and O–H groups in total. The fourth-order valence-corrected chi connectivity index (χ4v) is 3.45. The number of aliphatic hydroxyl groups is 1. The third-order valence-corrected chi connectivity index (χ3v) is 5.01. The first-order valence-electron chi connectivity index (χ1n) is 8.08. The maximum atomic E-state index is 10.3. The molecule has 2 unspecified atom stereocenters. The van der Waals surface area contributed by atoms with E-state index in [1.54, 1.807) is 0 Å². The van der Waals surface area contributed by atoms with E-state index in [1.807, 2.05) is 12.1 Å². The molecule has 2 atom stereocenters. The highest BCUT2D eigenvalue weighted by atomic mass is 35.5. The van der Waals surface area contributed by atoms with Crippen LogP contribution in [0.25, 0.3) is 0 Å². The number of likely N-dealkylation sites (N-methyl/N-ethyl adjacent to an activating group) is 1. The van der Waals surface area contributed by atoms with E-state index in [4.69, 9.17) is 11.6 Å². The molecule has 2 fully saturated rings. The van der Waals surface area contributed by atoms with E-state index in [-0.39, 0.29) is 12.1 Å². The lowest BCUT2D eigenvalue weighted by atomic mass is 9.91. The largest absolute Gasteiger partial charge is 0.391 e. The van der Waals surface area contributed by atoms with Gasteiger partial charge in [-0.1, -0.05) is 30.5 Å². The van der Waals surface area contributed by atoms with Gasteiger partial charge in [-0.25, -0.2) is 0 Å². The summed E-state index contributed by atoms with van der Waals surface area (Å²) < 4.78 is 0. The number of benzene rings is 1. The first kappa shape index (κ1) is 15.1. The number of nitrogens with zero attached hydrogens (tertiary/aromatic N) is 1. The average molecular weight is 309 g/mol. The molecule has 2 aliphatic carbocycles. The zero-order chi connectivity index (χ0) is 14.8. The van der Waals surface area contributed by atoms with Crippen molar-refractivity contribution in [2.45, 2.75) is 63.3 Å². The number of halogens is 1. The Bertz CT molecular complexity index is 490. The smallest absolute Gasteiger partial charge is 0.0743 e. The molecule has 3 nitrogen and oxygen atoms in total. The lowest BCUT2D eigenvalue weighted by Crippen LogP contribution is -2.44. The van der Waals surface area contributed by atoms with E-state index in [0.717, 1.165) is 36.5 Å². The summed E-state index contributed by atoms with van der Waals surface area (Å²) >= 11 is 6.20. The summed E-state index contributed by atoms with van der Waals surface area (Å²) in [6.45, 7) is 0.879. The Hall–Kier alpha value is -0.770. The molecule has 1 aromatic rings. The van der Waals surface area contributed by atoms with Crippen molar-refractivity contribution in [2.24, 2.45) is 0 Å². The maximum absolute atomic E-state index is 10.3. The van der Waals surface area contributed by atoms with Crippen molar-refractivity contribution in [2.75, 3.05) is 11.9 Å². The molecule has 21 heavy (non-hydrogen) atoms. The molecular formula is C17H25ClN2O. The fraction of sp³-hybridized carbons (Fsp3) is 0.647. The van der Waals surface area contributed by atoms with Crippen molar-refractivity contribution >= 4 is 17.3 Å². The van der Waals surface area contributed by atoms with Crippen LogP contribution < -0.4 is 10.2 Å². The monoisotopic (exact) mass is 308 g/mol. The first-order chi connectivity index (χ1) is 10.1. The van der Waals surface area contributed by atoms with E-state index < -0.39 is 0 Å². The second kappa shape index (κ2) is 6.55. The number of aliphatic hydroxyl groups excluding tert-OH is 1. The van der Waals surface area contributed by atoms with E-state index >= 15 is 0 Å². The van der Waals surface area contributed by atoms with Crippen LogP contribution in [0.2, 0.25) is 5.02 Å². The minimum atomic E-state index is -0.230. The molecule has 0 spiro atoms. The van der Waals surface area contributed by atoms with Gasteiger partial charge >= 0.3 is 0 Å². The third-order valence-electron chi connectivity index (χ3n) is 4.78. The molecule has 2 aliphatic rings. The summed E-state index contributed by atoms with van der Waals surface area (Å²) in [5.41, 5.74) is 2.42. The Kier molecular flexibility index (Phi) is 4.72. The number of hydrogen-bond acceptors (Lipinski definition) is 3. The summed E-state index contributed by atoms with van der Waals surface area (Å²) in [5.74, 6) is 0. The molecule has 0 aromatic heterocycles. The van der Waals surface area contributed by atoms with Crippen LogP contribution in [0.4, 0.5) is 5.69 Å². The van der Waals surface area contributed by atoms with Crippen LogP contribution in [0.15, 0.2) is 18.2 Å². The van der Waals surface area contributed by atoms with E-state index in [0.29, 0.717) is 6.04 Å². The summed E-state index contributed by atoms with van der Waals surface area (Å²) in [6, 6.07) is 7.00. The van der Waals surface area contributed by atoms with Gasteiger partial charge in [0.1, 0.15) is 0 Å². The van der Waals surface area contributed by atoms with Gasteiger partial charge in [0.05, 0.1) is 12.1 Å². The molecule has 0 saturated heterocycles. The van der Waals surface area contributed by atoms with Crippen LogP contribution in [0.1, 0.15) is 44.1 Å². The predicted molar refractivity (Wildman–Crippen MR) is 88.0 cm³/mol.